The second kappa shape index (κ2) is 8.58. The summed E-state index contributed by atoms with van der Waals surface area (Å²) < 4.78 is 37.7. The molecule has 1 amide bonds. The summed E-state index contributed by atoms with van der Waals surface area (Å²) in [5.74, 6) is -0.0238. The molecule has 1 aromatic heterocycles. The predicted octanol–water partition coefficient (Wildman–Crippen LogP) is 4.93. The Balaban J connectivity index is 1.55. The van der Waals surface area contributed by atoms with Gasteiger partial charge in [-0.15, -0.1) is 0 Å². The summed E-state index contributed by atoms with van der Waals surface area (Å²) in [5.41, 5.74) is -3.43. The SMILES string of the molecule is O=C(N[C@@H](c1ccc(SC(F)(F)F)cc1)C1CC1)c1cc(=O)[nH]c(-c2ccccc2)n1. The molecule has 0 unspecified atom stereocenters. The molecule has 2 N–H and O–H groups in total. The van der Waals surface area contributed by atoms with Crippen molar-refractivity contribution in [2.45, 2.75) is 29.3 Å². The number of carbonyl (C=O) groups excluding carboxylic acids is 1. The zero-order valence-electron chi connectivity index (χ0n) is 16.1. The van der Waals surface area contributed by atoms with E-state index in [9.17, 15) is 22.8 Å². The molecule has 0 bridgehead atoms. The topological polar surface area (TPSA) is 74.8 Å². The van der Waals surface area contributed by atoms with Crippen molar-refractivity contribution in [1.82, 2.24) is 15.3 Å². The summed E-state index contributed by atoms with van der Waals surface area (Å²) in [4.78, 5) is 31.9. The van der Waals surface area contributed by atoms with E-state index in [2.05, 4.69) is 15.3 Å². The fourth-order valence-corrected chi connectivity index (χ4v) is 3.84. The van der Waals surface area contributed by atoms with E-state index in [1.54, 1.807) is 36.4 Å². The molecular weight excluding hydrogens is 427 g/mol. The van der Waals surface area contributed by atoms with Crippen LogP contribution < -0.4 is 10.9 Å². The summed E-state index contributed by atoms with van der Waals surface area (Å²) in [6, 6.07) is 15.7. The Hall–Kier alpha value is -3.07. The van der Waals surface area contributed by atoms with Crippen LogP contribution in [0.4, 0.5) is 13.2 Å². The Labute approximate surface area is 180 Å². The number of nitrogens with one attached hydrogen (secondary N) is 2. The van der Waals surface area contributed by atoms with E-state index < -0.39 is 17.0 Å². The molecule has 5 nitrogen and oxygen atoms in total. The Morgan fingerprint density at radius 2 is 1.77 bits per heavy atom. The fourth-order valence-electron chi connectivity index (χ4n) is 3.30. The minimum absolute atomic E-state index is 0.0162. The van der Waals surface area contributed by atoms with Crippen molar-refractivity contribution < 1.29 is 18.0 Å². The number of H-pyrrole nitrogens is 1. The van der Waals surface area contributed by atoms with Gasteiger partial charge in [-0.1, -0.05) is 42.5 Å². The number of amides is 1. The molecule has 1 heterocycles. The highest BCUT2D eigenvalue weighted by Gasteiger charge is 2.34. The number of halogens is 3. The molecule has 31 heavy (non-hydrogen) atoms. The lowest BCUT2D eigenvalue weighted by atomic mass is 10.0. The maximum atomic E-state index is 12.9. The minimum atomic E-state index is -4.35. The molecule has 1 aliphatic rings. The Morgan fingerprint density at radius 1 is 1.10 bits per heavy atom. The molecule has 1 atom stereocenters. The largest absolute Gasteiger partial charge is 0.446 e. The third-order valence-corrected chi connectivity index (χ3v) is 5.61. The number of thioether (sulfide) groups is 1. The van der Waals surface area contributed by atoms with Gasteiger partial charge in [0.2, 0.25) is 0 Å². The van der Waals surface area contributed by atoms with Crippen LogP contribution in [0.3, 0.4) is 0 Å². The third kappa shape index (κ3) is 5.55. The number of benzene rings is 2. The van der Waals surface area contributed by atoms with E-state index >= 15 is 0 Å². The summed E-state index contributed by atoms with van der Waals surface area (Å²) in [6.07, 6.45) is 1.81. The lowest BCUT2D eigenvalue weighted by molar-refractivity contribution is -0.0328. The lowest BCUT2D eigenvalue weighted by Crippen LogP contribution is -2.31. The average Bonchev–Trinajstić information content (AvgIpc) is 3.57. The van der Waals surface area contributed by atoms with Crippen LogP contribution in [0.25, 0.3) is 11.4 Å². The van der Waals surface area contributed by atoms with Crippen molar-refractivity contribution in [3.63, 3.8) is 0 Å². The summed E-state index contributed by atoms with van der Waals surface area (Å²) in [6.45, 7) is 0. The first-order valence-corrected chi connectivity index (χ1v) is 10.4. The number of rotatable bonds is 6. The van der Waals surface area contributed by atoms with Crippen LogP contribution in [0.15, 0.2) is 70.4 Å². The number of aromatic amines is 1. The molecule has 0 aliphatic heterocycles. The highest BCUT2D eigenvalue weighted by atomic mass is 32.2. The van der Waals surface area contributed by atoms with Crippen molar-refractivity contribution in [1.29, 1.82) is 0 Å². The molecule has 3 aromatic rings. The van der Waals surface area contributed by atoms with E-state index in [4.69, 9.17) is 0 Å². The Kier molecular flexibility index (Phi) is 5.86. The molecule has 1 aliphatic carbocycles. The lowest BCUT2D eigenvalue weighted by Gasteiger charge is -2.19. The second-order valence-corrected chi connectivity index (χ2v) is 8.39. The van der Waals surface area contributed by atoms with Gasteiger partial charge < -0.3 is 10.3 Å². The minimum Gasteiger partial charge on any atom is -0.344 e. The number of carbonyl (C=O) groups is 1. The molecule has 1 fully saturated rings. The summed E-state index contributed by atoms with van der Waals surface area (Å²) in [7, 11) is 0. The second-order valence-electron chi connectivity index (χ2n) is 7.25. The van der Waals surface area contributed by atoms with Crippen LogP contribution in [0, 0.1) is 5.92 Å². The van der Waals surface area contributed by atoms with Crippen molar-refractivity contribution >= 4 is 17.7 Å². The molecular formula is C22H18F3N3O2S. The van der Waals surface area contributed by atoms with Gasteiger partial charge in [0.1, 0.15) is 11.5 Å². The van der Waals surface area contributed by atoms with Crippen molar-refractivity contribution in [3.05, 3.63) is 82.3 Å². The van der Waals surface area contributed by atoms with Crippen LogP contribution in [0.2, 0.25) is 0 Å². The quantitative estimate of drug-likeness (QED) is 0.528. The van der Waals surface area contributed by atoms with Gasteiger partial charge in [-0.05, 0) is 48.2 Å². The van der Waals surface area contributed by atoms with E-state index in [0.29, 0.717) is 5.56 Å². The number of aromatic nitrogens is 2. The smallest absolute Gasteiger partial charge is 0.344 e. The maximum absolute atomic E-state index is 12.9. The molecule has 0 spiro atoms. The Bertz CT molecular complexity index is 1130. The molecule has 0 radical (unpaired) electrons. The number of hydrogen-bond acceptors (Lipinski definition) is 4. The predicted molar refractivity (Wildman–Crippen MR) is 112 cm³/mol. The first-order valence-electron chi connectivity index (χ1n) is 9.62. The molecule has 1 saturated carbocycles. The van der Waals surface area contributed by atoms with Gasteiger partial charge >= 0.3 is 5.51 Å². The fraction of sp³-hybridized carbons (Fsp3) is 0.227. The zero-order chi connectivity index (χ0) is 22.0. The monoisotopic (exact) mass is 445 g/mol. The average molecular weight is 445 g/mol. The van der Waals surface area contributed by atoms with Gasteiger partial charge in [0.25, 0.3) is 11.5 Å². The maximum Gasteiger partial charge on any atom is 0.446 e. The molecule has 9 heteroatoms. The van der Waals surface area contributed by atoms with Gasteiger partial charge in [-0.3, -0.25) is 9.59 Å². The number of alkyl halides is 3. The van der Waals surface area contributed by atoms with Crippen LogP contribution in [0.1, 0.15) is 34.9 Å². The van der Waals surface area contributed by atoms with E-state index in [1.165, 1.54) is 12.1 Å². The van der Waals surface area contributed by atoms with Crippen LogP contribution in [0.5, 0.6) is 0 Å². The molecule has 160 valence electrons. The first kappa shape index (κ1) is 21.2. The van der Waals surface area contributed by atoms with Crippen LogP contribution in [-0.2, 0) is 0 Å². The molecule has 2 aromatic carbocycles. The van der Waals surface area contributed by atoms with Gasteiger partial charge in [0, 0.05) is 16.5 Å². The first-order chi connectivity index (χ1) is 14.8. The highest BCUT2D eigenvalue weighted by Crippen LogP contribution is 2.42. The summed E-state index contributed by atoms with van der Waals surface area (Å²) in [5, 5.41) is 2.90. The van der Waals surface area contributed by atoms with Crippen LogP contribution in [-0.4, -0.2) is 21.4 Å². The third-order valence-electron chi connectivity index (χ3n) is 4.87. The van der Waals surface area contributed by atoms with Gasteiger partial charge in [0.15, 0.2) is 0 Å². The number of hydrogen-bond donors (Lipinski definition) is 2. The van der Waals surface area contributed by atoms with E-state index in [0.717, 1.165) is 24.5 Å². The van der Waals surface area contributed by atoms with Crippen molar-refractivity contribution in [2.75, 3.05) is 0 Å². The van der Waals surface area contributed by atoms with Gasteiger partial charge in [0.05, 0.1) is 6.04 Å². The van der Waals surface area contributed by atoms with Gasteiger partial charge in [-0.2, -0.15) is 13.2 Å². The van der Waals surface area contributed by atoms with Crippen molar-refractivity contribution in [3.8, 4) is 11.4 Å². The number of nitrogens with zero attached hydrogens (tertiary/aromatic N) is 1. The summed E-state index contributed by atoms with van der Waals surface area (Å²) >= 11 is -0.178. The van der Waals surface area contributed by atoms with E-state index in [-0.39, 0.29) is 40.1 Å². The standard InChI is InChI=1S/C22H18F3N3O2S/c23-22(24,25)31-16-10-8-14(9-11-16)19(13-6-7-13)28-21(30)17-12-18(29)27-20(26-17)15-4-2-1-3-5-15/h1-5,8-13,19H,6-7H2,(H,28,30)(H,26,27,29)/t19-/m1/s1. The normalized spacial score (nSPS) is 14.8. The highest BCUT2D eigenvalue weighted by molar-refractivity contribution is 8.00. The van der Waals surface area contributed by atoms with Crippen molar-refractivity contribution in [2.24, 2.45) is 5.92 Å². The van der Waals surface area contributed by atoms with Crippen LogP contribution >= 0.6 is 11.8 Å². The van der Waals surface area contributed by atoms with Gasteiger partial charge in [-0.25, -0.2) is 4.98 Å². The Morgan fingerprint density at radius 3 is 2.39 bits per heavy atom. The van der Waals surface area contributed by atoms with E-state index in [1.807, 2.05) is 6.07 Å². The molecule has 0 saturated heterocycles. The zero-order valence-corrected chi connectivity index (χ0v) is 17.0. The molecule has 4 rings (SSSR count).